The van der Waals surface area contributed by atoms with Crippen molar-refractivity contribution in [2.45, 2.75) is 51.0 Å². The van der Waals surface area contributed by atoms with E-state index in [4.69, 9.17) is 5.73 Å². The van der Waals surface area contributed by atoms with Crippen molar-refractivity contribution < 1.29 is 8.42 Å². The fourth-order valence-corrected chi connectivity index (χ4v) is 4.06. The Kier molecular flexibility index (Phi) is 3.62. The van der Waals surface area contributed by atoms with Gasteiger partial charge in [-0.05, 0) is 42.9 Å². The largest absolute Gasteiger partial charge is 0.398 e. The highest BCUT2D eigenvalue weighted by molar-refractivity contribution is 7.89. The Morgan fingerprint density at radius 3 is 2.58 bits per heavy atom. The normalized spacial score (nSPS) is 22.6. The summed E-state index contributed by atoms with van der Waals surface area (Å²) in [5, 5.41) is 0. The summed E-state index contributed by atoms with van der Waals surface area (Å²) in [6.07, 6.45) is 3.01. The third kappa shape index (κ3) is 2.92. The maximum atomic E-state index is 12.4. The topological polar surface area (TPSA) is 72.2 Å². The number of rotatable bonds is 3. The van der Waals surface area contributed by atoms with Crippen LogP contribution in [0.15, 0.2) is 23.1 Å². The zero-order valence-electron chi connectivity index (χ0n) is 11.7. The van der Waals surface area contributed by atoms with Crippen molar-refractivity contribution >= 4 is 15.7 Å². The van der Waals surface area contributed by atoms with E-state index in [-0.39, 0.29) is 16.4 Å². The number of nitrogens with two attached hydrogens (primary N) is 1. The molecular formula is C14H22N2O2S. The number of hydrogen-bond donors (Lipinski definition) is 2. The van der Waals surface area contributed by atoms with Crippen molar-refractivity contribution in [3.63, 3.8) is 0 Å². The van der Waals surface area contributed by atoms with Gasteiger partial charge in [0.25, 0.3) is 0 Å². The molecule has 1 unspecified atom stereocenters. The van der Waals surface area contributed by atoms with Crippen LogP contribution >= 0.6 is 0 Å². The third-order valence-electron chi connectivity index (χ3n) is 4.12. The van der Waals surface area contributed by atoms with Crippen LogP contribution in [0.1, 0.15) is 38.7 Å². The zero-order chi connectivity index (χ0) is 14.3. The lowest BCUT2D eigenvalue weighted by Gasteiger charge is -2.27. The van der Waals surface area contributed by atoms with Crippen LogP contribution < -0.4 is 10.5 Å². The van der Waals surface area contributed by atoms with Crippen molar-refractivity contribution in [1.29, 1.82) is 0 Å². The molecule has 0 saturated heterocycles. The molecule has 19 heavy (non-hydrogen) atoms. The molecule has 106 valence electrons. The van der Waals surface area contributed by atoms with Crippen LogP contribution in [0.3, 0.4) is 0 Å². The third-order valence-corrected chi connectivity index (χ3v) is 5.59. The van der Waals surface area contributed by atoms with Crippen LogP contribution in [-0.4, -0.2) is 14.5 Å². The lowest BCUT2D eigenvalue weighted by molar-refractivity contribution is 0.313. The molecule has 1 atom stereocenters. The first-order valence-electron chi connectivity index (χ1n) is 6.61. The summed E-state index contributed by atoms with van der Waals surface area (Å²) < 4.78 is 27.6. The second kappa shape index (κ2) is 4.80. The minimum Gasteiger partial charge on any atom is -0.398 e. The molecule has 1 aliphatic carbocycles. The summed E-state index contributed by atoms with van der Waals surface area (Å²) in [5.41, 5.74) is 7.20. The van der Waals surface area contributed by atoms with Crippen molar-refractivity contribution in [2.75, 3.05) is 5.73 Å². The molecule has 2 rings (SSSR count). The Hall–Kier alpha value is -1.07. The Bertz CT molecular complexity index is 579. The first-order chi connectivity index (χ1) is 8.72. The van der Waals surface area contributed by atoms with E-state index < -0.39 is 10.0 Å². The number of sulfonamides is 1. The lowest BCUT2D eigenvalue weighted by atomic mass is 9.88. The standard InChI is InChI=1S/C14H22N2O2S/c1-10-6-7-11(9-12(10)15)19(17,18)16-13-5-4-8-14(13,2)3/h6-7,9,13,16H,4-5,8,15H2,1-3H3. The van der Waals surface area contributed by atoms with Gasteiger partial charge in [0.05, 0.1) is 4.90 Å². The number of aryl methyl sites for hydroxylation is 1. The van der Waals surface area contributed by atoms with Crippen molar-refractivity contribution in [3.05, 3.63) is 23.8 Å². The van der Waals surface area contributed by atoms with Gasteiger partial charge < -0.3 is 5.73 Å². The van der Waals surface area contributed by atoms with Crippen molar-refractivity contribution in [2.24, 2.45) is 5.41 Å². The fourth-order valence-electron chi connectivity index (χ4n) is 2.59. The van der Waals surface area contributed by atoms with Crippen LogP contribution in [0.4, 0.5) is 5.69 Å². The highest BCUT2D eigenvalue weighted by Crippen LogP contribution is 2.38. The SMILES string of the molecule is Cc1ccc(S(=O)(=O)NC2CCCC2(C)C)cc1N. The van der Waals surface area contributed by atoms with Gasteiger partial charge in [0.1, 0.15) is 0 Å². The molecule has 1 aromatic carbocycles. The molecule has 0 radical (unpaired) electrons. The summed E-state index contributed by atoms with van der Waals surface area (Å²) in [6.45, 7) is 6.08. The van der Waals surface area contributed by atoms with E-state index in [0.717, 1.165) is 24.8 Å². The molecule has 4 nitrogen and oxygen atoms in total. The second-order valence-corrected chi connectivity index (χ2v) is 7.79. The predicted octanol–water partition coefficient (Wildman–Crippen LogP) is 2.43. The Morgan fingerprint density at radius 2 is 2.05 bits per heavy atom. The molecule has 0 aromatic heterocycles. The molecule has 0 heterocycles. The lowest BCUT2D eigenvalue weighted by Crippen LogP contribution is -2.41. The molecule has 1 fully saturated rings. The van der Waals surface area contributed by atoms with E-state index in [2.05, 4.69) is 18.6 Å². The van der Waals surface area contributed by atoms with Crippen molar-refractivity contribution in [1.82, 2.24) is 4.72 Å². The minimum atomic E-state index is -3.48. The van der Waals surface area contributed by atoms with Gasteiger partial charge in [0.15, 0.2) is 0 Å². The van der Waals surface area contributed by atoms with Gasteiger partial charge in [-0.3, -0.25) is 0 Å². The van der Waals surface area contributed by atoms with Crippen LogP contribution in [0.2, 0.25) is 0 Å². The number of nitrogen functional groups attached to an aromatic ring is 1. The zero-order valence-corrected chi connectivity index (χ0v) is 12.5. The molecule has 0 bridgehead atoms. The van der Waals surface area contributed by atoms with Gasteiger partial charge in [-0.25, -0.2) is 13.1 Å². The smallest absolute Gasteiger partial charge is 0.240 e. The molecule has 3 N–H and O–H groups in total. The van der Waals surface area contributed by atoms with Gasteiger partial charge in [0.2, 0.25) is 10.0 Å². The average molecular weight is 282 g/mol. The highest BCUT2D eigenvalue weighted by atomic mass is 32.2. The van der Waals surface area contributed by atoms with E-state index >= 15 is 0 Å². The van der Waals surface area contributed by atoms with Gasteiger partial charge in [-0.1, -0.05) is 26.3 Å². The summed E-state index contributed by atoms with van der Waals surface area (Å²) in [7, 11) is -3.48. The maximum absolute atomic E-state index is 12.4. The summed E-state index contributed by atoms with van der Waals surface area (Å²) >= 11 is 0. The maximum Gasteiger partial charge on any atom is 0.240 e. The number of benzene rings is 1. The molecule has 1 saturated carbocycles. The summed E-state index contributed by atoms with van der Waals surface area (Å²) in [4.78, 5) is 0.248. The van der Waals surface area contributed by atoms with E-state index in [1.165, 1.54) is 6.07 Å². The molecule has 0 aliphatic heterocycles. The number of hydrogen-bond acceptors (Lipinski definition) is 3. The van der Waals surface area contributed by atoms with Crippen LogP contribution in [0.25, 0.3) is 0 Å². The van der Waals surface area contributed by atoms with E-state index in [1.807, 2.05) is 6.92 Å². The Balaban J connectivity index is 2.25. The van der Waals surface area contributed by atoms with Gasteiger partial charge in [-0.15, -0.1) is 0 Å². The Labute approximate surface area is 115 Å². The fraction of sp³-hybridized carbons (Fsp3) is 0.571. The molecular weight excluding hydrogens is 260 g/mol. The highest BCUT2D eigenvalue weighted by Gasteiger charge is 2.37. The van der Waals surface area contributed by atoms with E-state index in [1.54, 1.807) is 12.1 Å². The summed E-state index contributed by atoms with van der Waals surface area (Å²) in [6, 6.07) is 4.87. The Morgan fingerprint density at radius 1 is 1.37 bits per heavy atom. The van der Waals surface area contributed by atoms with E-state index in [0.29, 0.717) is 5.69 Å². The molecule has 0 spiro atoms. The quantitative estimate of drug-likeness (QED) is 0.836. The second-order valence-electron chi connectivity index (χ2n) is 6.07. The van der Waals surface area contributed by atoms with Crippen LogP contribution in [0, 0.1) is 12.3 Å². The average Bonchev–Trinajstić information content (AvgIpc) is 2.61. The van der Waals surface area contributed by atoms with Crippen LogP contribution in [-0.2, 0) is 10.0 Å². The first-order valence-corrected chi connectivity index (χ1v) is 8.09. The monoisotopic (exact) mass is 282 g/mol. The number of anilines is 1. The van der Waals surface area contributed by atoms with E-state index in [9.17, 15) is 8.42 Å². The predicted molar refractivity (Wildman–Crippen MR) is 77.3 cm³/mol. The van der Waals surface area contributed by atoms with Crippen LogP contribution in [0.5, 0.6) is 0 Å². The molecule has 0 amide bonds. The van der Waals surface area contributed by atoms with Gasteiger partial charge >= 0.3 is 0 Å². The molecule has 1 aromatic rings. The van der Waals surface area contributed by atoms with Gasteiger partial charge in [0, 0.05) is 11.7 Å². The molecule has 5 heteroatoms. The van der Waals surface area contributed by atoms with Crippen molar-refractivity contribution in [3.8, 4) is 0 Å². The molecule has 1 aliphatic rings. The van der Waals surface area contributed by atoms with Gasteiger partial charge in [-0.2, -0.15) is 0 Å². The first kappa shape index (κ1) is 14.3. The minimum absolute atomic E-state index is 0.0000255. The number of nitrogens with one attached hydrogen (secondary N) is 1. The summed E-state index contributed by atoms with van der Waals surface area (Å²) in [5.74, 6) is 0.